The van der Waals surface area contributed by atoms with Crippen molar-refractivity contribution in [1.29, 1.82) is 0 Å². The van der Waals surface area contributed by atoms with Crippen LogP contribution >= 0.6 is 40.0 Å². The van der Waals surface area contributed by atoms with Crippen LogP contribution in [0.5, 0.6) is 0 Å². The zero-order chi connectivity index (χ0) is 17.0. The minimum absolute atomic E-state index is 0. The van der Waals surface area contributed by atoms with E-state index in [4.69, 9.17) is 11.3 Å². The van der Waals surface area contributed by atoms with E-state index in [9.17, 15) is 9.59 Å². The fraction of sp³-hybridized carbons (Fsp3) is 0.636. The summed E-state index contributed by atoms with van der Waals surface area (Å²) >= 11 is 4.74. The molecular formula is C11H18I2N2O4VY-2. The maximum atomic E-state index is 11.6. The second kappa shape index (κ2) is 17.8. The van der Waals surface area contributed by atoms with E-state index in [0.717, 1.165) is 0 Å². The third-order valence-corrected chi connectivity index (χ3v) is 2.26. The molecule has 1 aliphatic rings. The summed E-state index contributed by atoms with van der Waals surface area (Å²) in [5, 5.41) is 6.76. The molecule has 1 unspecified atom stereocenters. The smallest absolute Gasteiger partial charge is 0 e. The first-order chi connectivity index (χ1) is 9.81. The molecular weight excluding hydrogens is 618 g/mol. The number of carbonyl (C=O) groups excluding carboxylic acids is 2. The first kappa shape index (κ1) is 24.7. The van der Waals surface area contributed by atoms with Crippen LogP contribution in [0.4, 0.5) is 0 Å². The van der Waals surface area contributed by atoms with Gasteiger partial charge >= 0.3 is 49.4 Å². The molecule has 6 nitrogen and oxygen atoms in total. The first-order valence-corrected chi connectivity index (χ1v) is 14.6. The van der Waals surface area contributed by atoms with Crippen LogP contribution in [-0.2, 0) is 56.6 Å². The maximum absolute atomic E-state index is 11.6. The topological polar surface area (TPSA) is 77.9 Å². The molecule has 1 atom stereocenters. The number of hydrogen-bond acceptors (Lipinski definition) is 3. The first-order valence-electron chi connectivity index (χ1n) is 6.15. The molecule has 10 heteroatoms. The van der Waals surface area contributed by atoms with Gasteiger partial charge in [0.25, 0.3) is 0 Å². The maximum Gasteiger partial charge on any atom is 0 e. The van der Waals surface area contributed by atoms with E-state index in [1.165, 1.54) is 4.90 Å². The van der Waals surface area contributed by atoms with E-state index in [2.05, 4.69) is 40.0 Å². The Labute approximate surface area is 181 Å². The van der Waals surface area contributed by atoms with Crippen molar-refractivity contribution in [3.8, 4) is 0 Å². The standard InChI is InChI=1S/C10H17N2O2.CHO2.2HI.V.Y/c1-4-11-5-6-12(7-9(11)13)10(14)8(2)3;2-1-3;;;;/h4-7H2,1-3H3;(H,2,3);2*1H;;/q2*-1;;;+2;/p-2/i7D;;;;;. The number of nitrogens with zero attached hydrogens (tertiary/aromatic N) is 2. The summed E-state index contributed by atoms with van der Waals surface area (Å²) in [6.45, 7) is 6.30. The summed E-state index contributed by atoms with van der Waals surface area (Å²) in [4.78, 5) is 34.4. The van der Waals surface area contributed by atoms with Gasteiger partial charge in [-0.1, -0.05) is 6.47 Å². The van der Waals surface area contributed by atoms with Crippen LogP contribution in [-0.4, -0.2) is 59.3 Å². The minimum atomic E-state index is -1.07. The number of piperazine rings is 1. The molecule has 0 aliphatic carbocycles. The van der Waals surface area contributed by atoms with E-state index in [0.29, 0.717) is 41.5 Å². The van der Waals surface area contributed by atoms with E-state index >= 15 is 0 Å². The summed E-state index contributed by atoms with van der Waals surface area (Å²) < 4.78 is 7.69. The molecule has 0 bridgehead atoms. The van der Waals surface area contributed by atoms with Crippen LogP contribution < -0.4 is 0 Å². The number of carbonyl (C=O) groups is 2. The molecule has 0 aromatic carbocycles. The molecule has 0 aromatic rings. The van der Waals surface area contributed by atoms with E-state index < -0.39 is 6.52 Å². The van der Waals surface area contributed by atoms with Crippen molar-refractivity contribution in [3.05, 3.63) is 5.92 Å². The zero-order valence-electron chi connectivity index (χ0n) is 13.0. The SMILES string of the molecule is O=[C-]O.[2H]C1C(=O)N(CC)CCN1C(=O)[C-](C)C.[I][V][I].[Y]. The molecule has 21 heavy (non-hydrogen) atoms. The van der Waals surface area contributed by atoms with E-state index in [1.54, 1.807) is 18.7 Å². The van der Waals surface area contributed by atoms with Gasteiger partial charge in [0.15, 0.2) is 0 Å². The van der Waals surface area contributed by atoms with Crippen molar-refractivity contribution >= 4 is 58.2 Å². The van der Waals surface area contributed by atoms with Gasteiger partial charge in [-0.15, -0.1) is 0 Å². The van der Waals surface area contributed by atoms with Crippen molar-refractivity contribution in [2.24, 2.45) is 0 Å². The van der Waals surface area contributed by atoms with Crippen molar-refractivity contribution in [2.45, 2.75) is 20.8 Å². The second-order valence-electron chi connectivity index (χ2n) is 3.70. The fourth-order valence-electron chi connectivity index (χ4n) is 1.38. The Balaban J connectivity index is -0.000000447. The average molecular weight is 637 g/mol. The van der Waals surface area contributed by atoms with Gasteiger partial charge in [0.2, 0.25) is 5.91 Å². The molecule has 0 spiro atoms. The number of amides is 2. The summed E-state index contributed by atoms with van der Waals surface area (Å²) in [5.41, 5.74) is 0. The van der Waals surface area contributed by atoms with Crippen molar-refractivity contribution in [3.63, 3.8) is 0 Å². The molecule has 0 saturated carbocycles. The number of aliphatic hydroxyl groups excluding tert-OH is 1. The quantitative estimate of drug-likeness (QED) is 0.370. The van der Waals surface area contributed by atoms with Crippen LogP contribution in [0.3, 0.4) is 0 Å². The predicted octanol–water partition coefficient (Wildman–Crippen LogP) is 1.67. The molecule has 1 saturated heterocycles. The Morgan fingerprint density at radius 3 is 2.29 bits per heavy atom. The van der Waals surface area contributed by atoms with E-state index in [1.807, 2.05) is 6.92 Å². The van der Waals surface area contributed by atoms with Gasteiger partial charge in [-0.3, -0.25) is 10.7 Å². The second-order valence-corrected chi connectivity index (χ2v) is 15.5. The van der Waals surface area contributed by atoms with Crippen molar-refractivity contribution in [1.82, 2.24) is 9.80 Å². The molecule has 120 valence electrons. The minimum Gasteiger partial charge on any atom is 0 e. The van der Waals surface area contributed by atoms with Crippen molar-refractivity contribution in [2.75, 3.05) is 26.2 Å². The Bertz CT molecular complexity index is 343. The van der Waals surface area contributed by atoms with Crippen LogP contribution in [0.25, 0.3) is 0 Å². The number of halogens is 2. The van der Waals surface area contributed by atoms with Gasteiger partial charge in [-0.25, -0.2) is 0 Å². The monoisotopic (exact) mass is 637 g/mol. The Morgan fingerprint density at radius 2 is 1.95 bits per heavy atom. The summed E-state index contributed by atoms with van der Waals surface area (Å²) in [5.74, 6) is 0.141. The third kappa shape index (κ3) is 13.6. The molecule has 0 aromatic heterocycles. The molecule has 1 aliphatic heterocycles. The molecule has 1 N–H and O–H groups in total. The molecule has 2 amide bonds. The number of hydrogen-bond donors (Lipinski definition) is 1. The molecule has 1 heterocycles. The van der Waals surface area contributed by atoms with Crippen LogP contribution in [0.2, 0.25) is 0 Å². The Kier molecular flexibility index (Phi) is 20.9. The summed E-state index contributed by atoms with van der Waals surface area (Å²) in [6, 6.07) is 0. The Morgan fingerprint density at radius 1 is 1.52 bits per heavy atom. The zero-order valence-corrected chi connectivity index (χ0v) is 20.6. The molecule has 1 radical (unpaired) electrons. The van der Waals surface area contributed by atoms with Gasteiger partial charge in [0.05, 0.1) is 13.8 Å². The third-order valence-electron chi connectivity index (χ3n) is 2.26. The van der Waals surface area contributed by atoms with Gasteiger partial charge in [-0.2, -0.15) is 13.8 Å². The largest absolute Gasteiger partial charge is 0 e. The summed E-state index contributed by atoms with van der Waals surface area (Å²) in [7, 11) is 0.628. The van der Waals surface area contributed by atoms with Crippen LogP contribution in [0, 0.1) is 5.92 Å². The predicted molar refractivity (Wildman–Crippen MR) is 89.8 cm³/mol. The van der Waals surface area contributed by atoms with Gasteiger partial charge in [0, 0.05) is 52.3 Å². The van der Waals surface area contributed by atoms with Crippen LogP contribution in [0.15, 0.2) is 0 Å². The molecule has 1 rings (SSSR count). The fourth-order valence-corrected chi connectivity index (χ4v) is 1.38. The molecule has 1 fully saturated rings. The van der Waals surface area contributed by atoms with Crippen molar-refractivity contribution < 1.29 is 63.0 Å². The Hall–Kier alpha value is 1.43. The summed E-state index contributed by atoms with van der Waals surface area (Å²) in [6.07, 6.45) is 0. The average Bonchev–Trinajstić information content (AvgIpc) is 2.43. The van der Waals surface area contributed by atoms with Gasteiger partial charge in [0.1, 0.15) is 0 Å². The van der Waals surface area contributed by atoms with Gasteiger partial charge in [-0.05, 0) is 6.92 Å². The number of likely N-dealkylation sites (N-methyl/N-ethyl adjacent to an activating group) is 1. The van der Waals surface area contributed by atoms with Gasteiger partial charge < -0.3 is 24.5 Å². The van der Waals surface area contributed by atoms with Crippen LogP contribution in [0.1, 0.15) is 22.1 Å². The van der Waals surface area contributed by atoms with E-state index in [-0.39, 0.29) is 44.5 Å². The number of rotatable bonds is 2. The normalized spacial score (nSPS) is 16.9.